The van der Waals surface area contributed by atoms with Crippen LogP contribution < -0.4 is 15.8 Å². The summed E-state index contributed by atoms with van der Waals surface area (Å²) in [4.78, 5) is 22.7. The van der Waals surface area contributed by atoms with Crippen molar-refractivity contribution >= 4 is 17.5 Å². The molecule has 0 aliphatic rings. The first-order valence-electron chi connectivity index (χ1n) is 6.23. The van der Waals surface area contributed by atoms with Gasteiger partial charge in [0.2, 0.25) is 5.91 Å². The van der Waals surface area contributed by atoms with Crippen molar-refractivity contribution in [1.82, 2.24) is 0 Å². The number of rotatable bonds is 7. The number of nitrogens with one attached hydrogen (secondary N) is 1. The lowest BCUT2D eigenvalue weighted by Crippen LogP contribution is -2.38. The van der Waals surface area contributed by atoms with E-state index >= 15 is 0 Å². The number of carbonyl (C=O) groups is 2. The highest BCUT2D eigenvalue weighted by Crippen LogP contribution is 2.25. The van der Waals surface area contributed by atoms with Crippen LogP contribution >= 0.6 is 0 Å². The SMILES string of the molecule is COC(C)(C)C(=O)Nc1ccccc1OCCC(N)=O. The van der Waals surface area contributed by atoms with Gasteiger partial charge in [-0.2, -0.15) is 0 Å². The summed E-state index contributed by atoms with van der Waals surface area (Å²) in [6.45, 7) is 3.49. The lowest BCUT2D eigenvalue weighted by molar-refractivity contribution is -0.133. The molecule has 0 saturated carbocycles. The molecule has 20 heavy (non-hydrogen) atoms. The highest BCUT2D eigenvalue weighted by molar-refractivity contribution is 5.97. The third-order valence-electron chi connectivity index (χ3n) is 2.80. The summed E-state index contributed by atoms with van der Waals surface area (Å²) in [5, 5.41) is 2.73. The van der Waals surface area contributed by atoms with E-state index < -0.39 is 11.5 Å². The van der Waals surface area contributed by atoms with Crippen LogP contribution in [-0.4, -0.2) is 31.1 Å². The first-order chi connectivity index (χ1) is 9.36. The molecule has 6 heteroatoms. The quantitative estimate of drug-likeness (QED) is 0.787. The number of anilines is 1. The normalized spacial score (nSPS) is 10.9. The first kappa shape index (κ1) is 16.0. The summed E-state index contributed by atoms with van der Waals surface area (Å²) in [5.41, 5.74) is 4.62. The number of hydrogen-bond acceptors (Lipinski definition) is 4. The molecule has 0 aromatic heterocycles. The van der Waals surface area contributed by atoms with Gasteiger partial charge in [-0.3, -0.25) is 9.59 Å². The molecule has 0 unspecified atom stereocenters. The summed E-state index contributed by atoms with van der Waals surface area (Å²) in [7, 11) is 1.47. The van der Waals surface area contributed by atoms with Gasteiger partial charge < -0.3 is 20.5 Å². The Morgan fingerprint density at radius 3 is 2.55 bits per heavy atom. The summed E-state index contributed by atoms with van der Waals surface area (Å²) < 4.78 is 10.5. The van der Waals surface area contributed by atoms with Crippen LogP contribution in [0.5, 0.6) is 5.75 Å². The van der Waals surface area contributed by atoms with Gasteiger partial charge in [-0.25, -0.2) is 0 Å². The lowest BCUT2D eigenvalue weighted by atomic mass is 10.1. The molecule has 0 fully saturated rings. The second-order valence-corrected chi connectivity index (χ2v) is 4.73. The fourth-order valence-corrected chi connectivity index (χ4v) is 1.32. The fourth-order valence-electron chi connectivity index (χ4n) is 1.32. The van der Waals surface area contributed by atoms with Crippen molar-refractivity contribution in [3.05, 3.63) is 24.3 Å². The second kappa shape index (κ2) is 6.91. The van der Waals surface area contributed by atoms with E-state index in [-0.39, 0.29) is 18.9 Å². The molecule has 0 aliphatic heterocycles. The highest BCUT2D eigenvalue weighted by Gasteiger charge is 2.27. The molecule has 0 bridgehead atoms. The van der Waals surface area contributed by atoms with E-state index in [4.69, 9.17) is 15.2 Å². The molecule has 2 amide bonds. The van der Waals surface area contributed by atoms with E-state index in [1.165, 1.54) is 7.11 Å². The van der Waals surface area contributed by atoms with Crippen LogP contribution in [0.1, 0.15) is 20.3 Å². The predicted octanol–water partition coefficient (Wildman–Crippen LogP) is 1.30. The number of amides is 2. The number of hydrogen-bond donors (Lipinski definition) is 2. The van der Waals surface area contributed by atoms with Crippen molar-refractivity contribution in [3.8, 4) is 5.75 Å². The number of methoxy groups -OCH3 is 1. The number of nitrogens with two attached hydrogens (primary N) is 1. The number of carbonyl (C=O) groups excluding carboxylic acids is 2. The molecule has 0 saturated heterocycles. The Morgan fingerprint density at radius 1 is 1.30 bits per heavy atom. The number of ether oxygens (including phenoxy) is 2. The van der Waals surface area contributed by atoms with Gasteiger partial charge in [-0.05, 0) is 26.0 Å². The summed E-state index contributed by atoms with van der Waals surface area (Å²) in [6, 6.07) is 6.97. The topological polar surface area (TPSA) is 90.7 Å². The molecule has 110 valence electrons. The van der Waals surface area contributed by atoms with E-state index in [0.717, 1.165) is 0 Å². The molecular formula is C14H20N2O4. The molecule has 1 rings (SSSR count). The third-order valence-corrected chi connectivity index (χ3v) is 2.80. The van der Waals surface area contributed by atoms with E-state index in [9.17, 15) is 9.59 Å². The van der Waals surface area contributed by atoms with E-state index in [1.807, 2.05) is 0 Å². The lowest BCUT2D eigenvalue weighted by Gasteiger charge is -2.22. The van der Waals surface area contributed by atoms with Crippen LogP contribution in [-0.2, 0) is 14.3 Å². The van der Waals surface area contributed by atoms with Gasteiger partial charge in [0.05, 0.1) is 18.7 Å². The Labute approximate surface area is 118 Å². The minimum Gasteiger partial charge on any atom is -0.491 e. The molecule has 0 atom stereocenters. The molecule has 0 spiro atoms. The van der Waals surface area contributed by atoms with E-state index in [2.05, 4.69) is 5.32 Å². The highest BCUT2D eigenvalue weighted by atomic mass is 16.5. The molecule has 0 heterocycles. The van der Waals surface area contributed by atoms with Crippen LogP contribution in [0.4, 0.5) is 5.69 Å². The molecule has 3 N–H and O–H groups in total. The van der Waals surface area contributed by atoms with Crippen molar-refractivity contribution in [1.29, 1.82) is 0 Å². The monoisotopic (exact) mass is 280 g/mol. The third kappa shape index (κ3) is 4.55. The Balaban J connectivity index is 2.75. The van der Waals surface area contributed by atoms with Gasteiger partial charge >= 0.3 is 0 Å². The number of primary amides is 1. The Morgan fingerprint density at radius 2 is 1.95 bits per heavy atom. The number of benzene rings is 1. The molecule has 0 radical (unpaired) electrons. The van der Waals surface area contributed by atoms with Gasteiger partial charge in [0, 0.05) is 7.11 Å². The summed E-state index contributed by atoms with van der Waals surface area (Å²) in [6.07, 6.45) is 0.117. The minimum absolute atomic E-state index is 0.117. The zero-order valence-electron chi connectivity index (χ0n) is 11.9. The fraction of sp³-hybridized carbons (Fsp3) is 0.429. The Kier molecular flexibility index (Phi) is 5.52. The minimum atomic E-state index is -0.944. The molecule has 1 aromatic rings. The van der Waals surface area contributed by atoms with E-state index in [1.54, 1.807) is 38.1 Å². The van der Waals surface area contributed by atoms with Crippen molar-refractivity contribution in [3.63, 3.8) is 0 Å². The Hall–Kier alpha value is -2.08. The standard InChI is InChI=1S/C14H20N2O4/c1-14(2,19-3)13(18)16-10-6-4-5-7-11(10)20-9-8-12(15)17/h4-7H,8-9H2,1-3H3,(H2,15,17)(H,16,18). The van der Waals surface area contributed by atoms with Crippen molar-refractivity contribution in [2.75, 3.05) is 19.0 Å². The zero-order valence-corrected chi connectivity index (χ0v) is 11.9. The number of para-hydroxylation sites is 2. The molecule has 0 aliphatic carbocycles. The van der Waals surface area contributed by atoms with Gasteiger partial charge in [0.1, 0.15) is 11.4 Å². The predicted molar refractivity (Wildman–Crippen MR) is 75.5 cm³/mol. The Bertz CT molecular complexity index is 486. The maximum Gasteiger partial charge on any atom is 0.256 e. The largest absolute Gasteiger partial charge is 0.491 e. The average Bonchev–Trinajstić information content (AvgIpc) is 2.40. The van der Waals surface area contributed by atoms with Crippen LogP contribution in [0.2, 0.25) is 0 Å². The van der Waals surface area contributed by atoms with E-state index in [0.29, 0.717) is 11.4 Å². The van der Waals surface area contributed by atoms with Gasteiger partial charge in [-0.1, -0.05) is 12.1 Å². The maximum absolute atomic E-state index is 12.0. The summed E-state index contributed by atoms with van der Waals surface area (Å²) in [5.74, 6) is -0.244. The smallest absolute Gasteiger partial charge is 0.256 e. The van der Waals surface area contributed by atoms with Crippen molar-refractivity contribution in [2.45, 2.75) is 25.9 Å². The van der Waals surface area contributed by atoms with Crippen molar-refractivity contribution in [2.24, 2.45) is 5.73 Å². The van der Waals surface area contributed by atoms with Crippen molar-refractivity contribution < 1.29 is 19.1 Å². The molecular weight excluding hydrogens is 260 g/mol. The van der Waals surface area contributed by atoms with Gasteiger partial charge in [0.25, 0.3) is 5.91 Å². The zero-order chi connectivity index (χ0) is 15.2. The van der Waals surface area contributed by atoms with Crippen LogP contribution in [0.25, 0.3) is 0 Å². The second-order valence-electron chi connectivity index (χ2n) is 4.73. The maximum atomic E-state index is 12.0. The molecule has 1 aromatic carbocycles. The van der Waals surface area contributed by atoms with Gasteiger partial charge in [-0.15, -0.1) is 0 Å². The summed E-state index contributed by atoms with van der Waals surface area (Å²) >= 11 is 0. The average molecular weight is 280 g/mol. The van der Waals surface area contributed by atoms with Crippen LogP contribution in [0, 0.1) is 0 Å². The first-order valence-corrected chi connectivity index (χ1v) is 6.23. The van der Waals surface area contributed by atoms with Gasteiger partial charge in [0.15, 0.2) is 0 Å². The van der Waals surface area contributed by atoms with Crippen LogP contribution in [0.15, 0.2) is 24.3 Å². The van der Waals surface area contributed by atoms with Crippen LogP contribution in [0.3, 0.4) is 0 Å². The molecule has 6 nitrogen and oxygen atoms in total.